The van der Waals surface area contributed by atoms with E-state index < -0.39 is 0 Å². The topological polar surface area (TPSA) is 90.5 Å². The molecule has 2 rings (SSSR count). The Labute approximate surface area is 135 Å². The van der Waals surface area contributed by atoms with Gasteiger partial charge in [-0.05, 0) is 32.0 Å². The summed E-state index contributed by atoms with van der Waals surface area (Å²) in [6.07, 6.45) is 0.316. The molecule has 1 fully saturated rings. The maximum atomic E-state index is 12.3. The Morgan fingerprint density at radius 2 is 2.04 bits per heavy atom. The second-order valence-corrected chi connectivity index (χ2v) is 5.98. The molecule has 0 aromatic heterocycles. The molecule has 124 valence electrons. The van der Waals surface area contributed by atoms with Crippen LogP contribution in [0.2, 0.25) is 0 Å². The Morgan fingerprint density at radius 3 is 2.65 bits per heavy atom. The van der Waals surface area contributed by atoms with Crippen LogP contribution >= 0.6 is 0 Å². The van der Waals surface area contributed by atoms with Gasteiger partial charge in [0.2, 0.25) is 5.91 Å². The smallest absolute Gasteiger partial charge is 0.319 e. The number of benzene rings is 1. The van der Waals surface area contributed by atoms with Gasteiger partial charge < -0.3 is 20.9 Å². The third-order valence-electron chi connectivity index (χ3n) is 3.48. The lowest BCUT2D eigenvalue weighted by molar-refractivity contribution is -0.126. The molecule has 1 heterocycles. The molecule has 0 aliphatic carbocycles. The van der Waals surface area contributed by atoms with Gasteiger partial charge in [0.1, 0.15) is 0 Å². The third kappa shape index (κ3) is 4.70. The summed E-state index contributed by atoms with van der Waals surface area (Å²) >= 11 is 0. The van der Waals surface area contributed by atoms with E-state index in [9.17, 15) is 14.4 Å². The fraction of sp³-hybridized carbons (Fsp3) is 0.438. The van der Waals surface area contributed by atoms with Crippen LogP contribution in [0.25, 0.3) is 0 Å². The van der Waals surface area contributed by atoms with Gasteiger partial charge in [0.05, 0.1) is 6.04 Å². The molecular weight excluding hydrogens is 296 g/mol. The van der Waals surface area contributed by atoms with Crippen molar-refractivity contribution in [1.29, 1.82) is 0 Å². The zero-order chi connectivity index (χ0) is 17.0. The standard InChI is InChI=1S/C16H22N4O3/c1-10(2)17-16(23)19-12-6-4-5-11(7-12)15(22)18-13-8-14(21)20(3)9-13/h4-7,10,13H,8-9H2,1-3H3,(H,18,22)(H2,17,19,23). The Morgan fingerprint density at radius 1 is 1.30 bits per heavy atom. The van der Waals surface area contributed by atoms with Crippen LogP contribution in [0.1, 0.15) is 30.6 Å². The van der Waals surface area contributed by atoms with Crippen molar-refractivity contribution in [3.8, 4) is 0 Å². The summed E-state index contributed by atoms with van der Waals surface area (Å²) in [6, 6.07) is 6.21. The molecule has 1 unspecified atom stereocenters. The van der Waals surface area contributed by atoms with Crippen LogP contribution in [0.5, 0.6) is 0 Å². The highest BCUT2D eigenvalue weighted by Crippen LogP contribution is 2.13. The molecule has 1 atom stereocenters. The molecule has 3 N–H and O–H groups in total. The molecule has 23 heavy (non-hydrogen) atoms. The van der Waals surface area contributed by atoms with Crippen LogP contribution < -0.4 is 16.0 Å². The zero-order valence-electron chi connectivity index (χ0n) is 13.6. The summed E-state index contributed by atoms with van der Waals surface area (Å²) in [7, 11) is 1.71. The summed E-state index contributed by atoms with van der Waals surface area (Å²) in [5.41, 5.74) is 0.977. The first kappa shape index (κ1) is 16.8. The molecule has 0 spiro atoms. The predicted octanol–water partition coefficient (Wildman–Crippen LogP) is 1.18. The Hall–Kier alpha value is -2.57. The van der Waals surface area contributed by atoms with Crippen molar-refractivity contribution in [1.82, 2.24) is 15.5 Å². The number of likely N-dealkylation sites (tertiary alicyclic amines) is 1. The zero-order valence-corrected chi connectivity index (χ0v) is 13.6. The number of nitrogens with zero attached hydrogens (tertiary/aromatic N) is 1. The van der Waals surface area contributed by atoms with E-state index in [2.05, 4.69) is 16.0 Å². The van der Waals surface area contributed by atoms with E-state index in [4.69, 9.17) is 0 Å². The summed E-state index contributed by atoms with van der Waals surface area (Å²) in [4.78, 5) is 37.0. The van der Waals surface area contributed by atoms with Crippen LogP contribution in [0.15, 0.2) is 24.3 Å². The van der Waals surface area contributed by atoms with E-state index in [1.54, 1.807) is 36.2 Å². The number of carbonyl (C=O) groups excluding carboxylic acids is 3. The first-order valence-electron chi connectivity index (χ1n) is 7.57. The maximum absolute atomic E-state index is 12.3. The lowest BCUT2D eigenvalue weighted by Crippen LogP contribution is -2.36. The molecule has 4 amide bonds. The van der Waals surface area contributed by atoms with E-state index in [1.807, 2.05) is 13.8 Å². The molecule has 7 heteroatoms. The molecule has 1 aliphatic rings. The van der Waals surface area contributed by atoms with Crippen molar-refractivity contribution in [2.45, 2.75) is 32.4 Å². The molecule has 1 aromatic carbocycles. The van der Waals surface area contributed by atoms with Gasteiger partial charge in [-0.1, -0.05) is 6.07 Å². The van der Waals surface area contributed by atoms with E-state index >= 15 is 0 Å². The summed E-state index contributed by atoms with van der Waals surface area (Å²) < 4.78 is 0. The lowest BCUT2D eigenvalue weighted by atomic mass is 10.1. The number of rotatable bonds is 4. The number of amides is 4. The van der Waals surface area contributed by atoms with Crippen molar-refractivity contribution in [3.05, 3.63) is 29.8 Å². The minimum atomic E-state index is -0.319. The Balaban J connectivity index is 1.97. The molecular formula is C16H22N4O3. The lowest BCUT2D eigenvalue weighted by Gasteiger charge is -2.13. The van der Waals surface area contributed by atoms with Gasteiger partial charge in [-0.15, -0.1) is 0 Å². The van der Waals surface area contributed by atoms with Gasteiger partial charge in [0, 0.05) is 37.3 Å². The number of likely N-dealkylation sites (N-methyl/N-ethyl adjacent to an activating group) is 1. The molecule has 1 aliphatic heterocycles. The molecule has 0 radical (unpaired) electrons. The normalized spacial score (nSPS) is 17.3. The predicted molar refractivity (Wildman–Crippen MR) is 87.2 cm³/mol. The Bertz CT molecular complexity index is 615. The SMILES string of the molecule is CC(C)NC(=O)Nc1cccc(C(=O)NC2CC(=O)N(C)C2)c1. The van der Waals surface area contributed by atoms with Crippen molar-refractivity contribution in [2.75, 3.05) is 18.9 Å². The van der Waals surface area contributed by atoms with Crippen molar-refractivity contribution >= 4 is 23.5 Å². The van der Waals surface area contributed by atoms with E-state index in [0.29, 0.717) is 24.2 Å². The molecule has 1 saturated heterocycles. The summed E-state index contributed by atoms with van der Waals surface area (Å²) in [6.45, 7) is 4.24. The highest BCUT2D eigenvalue weighted by atomic mass is 16.2. The van der Waals surface area contributed by atoms with Crippen molar-refractivity contribution in [3.63, 3.8) is 0 Å². The second-order valence-electron chi connectivity index (χ2n) is 5.98. The summed E-state index contributed by atoms with van der Waals surface area (Å²) in [5, 5.41) is 8.24. The van der Waals surface area contributed by atoms with E-state index in [0.717, 1.165) is 0 Å². The van der Waals surface area contributed by atoms with Crippen LogP contribution in [-0.2, 0) is 4.79 Å². The molecule has 0 bridgehead atoms. The van der Waals surface area contributed by atoms with Crippen LogP contribution in [0.3, 0.4) is 0 Å². The Kier molecular flexibility index (Phi) is 5.20. The average Bonchev–Trinajstić information content (AvgIpc) is 2.76. The third-order valence-corrected chi connectivity index (χ3v) is 3.48. The molecule has 0 saturated carbocycles. The van der Waals surface area contributed by atoms with Crippen molar-refractivity contribution in [2.24, 2.45) is 0 Å². The highest BCUT2D eigenvalue weighted by Gasteiger charge is 2.28. The van der Waals surface area contributed by atoms with Gasteiger partial charge in [-0.3, -0.25) is 9.59 Å². The maximum Gasteiger partial charge on any atom is 0.319 e. The van der Waals surface area contributed by atoms with E-state index in [-0.39, 0.29) is 29.9 Å². The quantitative estimate of drug-likeness (QED) is 0.778. The molecule has 7 nitrogen and oxygen atoms in total. The number of carbonyl (C=O) groups is 3. The number of nitrogens with one attached hydrogen (secondary N) is 3. The number of hydrogen-bond acceptors (Lipinski definition) is 3. The first-order chi connectivity index (χ1) is 10.8. The van der Waals surface area contributed by atoms with Crippen LogP contribution in [-0.4, -0.2) is 48.4 Å². The van der Waals surface area contributed by atoms with E-state index in [1.165, 1.54) is 0 Å². The number of urea groups is 1. The fourth-order valence-electron chi connectivity index (χ4n) is 2.40. The number of anilines is 1. The minimum absolute atomic E-state index is 0.0241. The van der Waals surface area contributed by atoms with Gasteiger partial charge in [0.25, 0.3) is 5.91 Å². The number of hydrogen-bond donors (Lipinski definition) is 3. The van der Waals surface area contributed by atoms with Gasteiger partial charge in [-0.25, -0.2) is 4.79 Å². The second kappa shape index (κ2) is 7.13. The monoisotopic (exact) mass is 318 g/mol. The first-order valence-corrected chi connectivity index (χ1v) is 7.57. The van der Waals surface area contributed by atoms with Crippen molar-refractivity contribution < 1.29 is 14.4 Å². The largest absolute Gasteiger partial charge is 0.347 e. The minimum Gasteiger partial charge on any atom is -0.347 e. The fourth-order valence-corrected chi connectivity index (χ4v) is 2.40. The van der Waals surface area contributed by atoms with Gasteiger partial charge in [-0.2, -0.15) is 0 Å². The average molecular weight is 318 g/mol. The molecule has 1 aromatic rings. The van der Waals surface area contributed by atoms with Gasteiger partial charge >= 0.3 is 6.03 Å². The summed E-state index contributed by atoms with van der Waals surface area (Å²) in [5.74, 6) is -0.234. The van der Waals surface area contributed by atoms with Gasteiger partial charge in [0.15, 0.2) is 0 Å². The highest BCUT2D eigenvalue weighted by molar-refractivity contribution is 5.97. The van der Waals surface area contributed by atoms with Crippen LogP contribution in [0, 0.1) is 0 Å². The van der Waals surface area contributed by atoms with Crippen LogP contribution in [0.4, 0.5) is 10.5 Å².